The molecule has 1 fully saturated rings. The van der Waals surface area contributed by atoms with Gasteiger partial charge in [-0.05, 0) is 33.3 Å². The summed E-state index contributed by atoms with van der Waals surface area (Å²) in [5, 5.41) is 10.4. The summed E-state index contributed by atoms with van der Waals surface area (Å²) in [6.45, 7) is 6.13. The molecule has 2 aliphatic heterocycles. The normalized spacial score (nSPS) is 26.8. The van der Waals surface area contributed by atoms with Crippen LogP contribution in [0.25, 0.3) is 5.65 Å². The number of pyridine rings is 1. The summed E-state index contributed by atoms with van der Waals surface area (Å²) < 4.78 is 7.49. The number of nitrogens with one attached hydrogen (secondary N) is 1. The molecule has 5 rings (SSSR count). The molecule has 3 aliphatic rings. The van der Waals surface area contributed by atoms with Crippen LogP contribution in [0, 0.1) is 12.8 Å². The van der Waals surface area contributed by atoms with Crippen molar-refractivity contribution in [2.24, 2.45) is 16.0 Å². The van der Waals surface area contributed by atoms with Gasteiger partial charge in [0, 0.05) is 36.0 Å². The van der Waals surface area contributed by atoms with E-state index in [-0.39, 0.29) is 6.17 Å². The summed E-state index contributed by atoms with van der Waals surface area (Å²) in [5.41, 5.74) is 5.26. The SMILES string of the molecule is COc1ccn2cc(C3CC3C3=NN4C(C)=CN=C(C)C4N3)nc2c1C. The number of hydrazone groups is 1. The molecule has 0 bridgehead atoms. The maximum absolute atomic E-state index is 5.41. The van der Waals surface area contributed by atoms with Crippen LogP contribution in [0.5, 0.6) is 5.75 Å². The van der Waals surface area contributed by atoms with Crippen molar-refractivity contribution < 1.29 is 4.74 Å². The molecule has 134 valence electrons. The number of hydrogen-bond acceptors (Lipinski definition) is 6. The van der Waals surface area contributed by atoms with Crippen LogP contribution in [-0.4, -0.2) is 39.2 Å². The number of nitrogens with zero attached hydrogens (tertiary/aromatic N) is 5. The number of rotatable bonds is 3. The smallest absolute Gasteiger partial charge is 0.160 e. The Balaban J connectivity index is 1.41. The molecule has 3 unspecified atom stereocenters. The topological polar surface area (TPSA) is 66.5 Å². The first-order valence-electron chi connectivity index (χ1n) is 8.94. The highest BCUT2D eigenvalue weighted by Crippen LogP contribution is 2.48. The minimum absolute atomic E-state index is 0.0591. The third-order valence-corrected chi connectivity index (χ3v) is 5.54. The molecular weight excluding hydrogens is 328 g/mol. The first-order chi connectivity index (χ1) is 12.6. The molecule has 0 radical (unpaired) electrons. The zero-order chi connectivity index (χ0) is 18.0. The molecule has 1 N–H and O–H groups in total. The summed E-state index contributed by atoms with van der Waals surface area (Å²) in [4.78, 5) is 9.33. The number of allylic oxidation sites excluding steroid dienone is 1. The van der Waals surface area contributed by atoms with E-state index in [9.17, 15) is 0 Å². The second-order valence-electron chi connectivity index (χ2n) is 7.27. The Morgan fingerprint density at radius 2 is 2.08 bits per heavy atom. The van der Waals surface area contributed by atoms with Gasteiger partial charge in [-0.25, -0.2) is 9.99 Å². The Morgan fingerprint density at radius 1 is 1.23 bits per heavy atom. The van der Waals surface area contributed by atoms with E-state index in [0.29, 0.717) is 11.8 Å². The third kappa shape index (κ3) is 2.16. The van der Waals surface area contributed by atoms with Crippen LogP contribution in [-0.2, 0) is 0 Å². The van der Waals surface area contributed by atoms with Gasteiger partial charge in [-0.15, -0.1) is 0 Å². The molecule has 7 nitrogen and oxygen atoms in total. The molecular formula is C19H22N6O. The van der Waals surface area contributed by atoms with Crippen LogP contribution in [0.2, 0.25) is 0 Å². The molecule has 0 aromatic carbocycles. The van der Waals surface area contributed by atoms with Gasteiger partial charge in [0.15, 0.2) is 6.17 Å². The standard InChI is InChI=1S/C19H22N6O/c1-10-8-20-12(3)19-22-17(23-25(10)19)14-7-13(14)15-9-24-6-5-16(26-4)11(2)18(24)21-15/h5-6,8-9,13-14,19H,7H2,1-4H3,(H,22,23). The van der Waals surface area contributed by atoms with E-state index in [1.807, 2.05) is 44.2 Å². The van der Waals surface area contributed by atoms with E-state index >= 15 is 0 Å². The Morgan fingerprint density at radius 3 is 2.85 bits per heavy atom. The second-order valence-corrected chi connectivity index (χ2v) is 7.27. The summed E-state index contributed by atoms with van der Waals surface area (Å²) in [7, 11) is 1.69. The largest absolute Gasteiger partial charge is 0.496 e. The monoisotopic (exact) mass is 350 g/mol. The zero-order valence-electron chi connectivity index (χ0n) is 15.4. The average Bonchev–Trinajstić information content (AvgIpc) is 3.11. The molecule has 7 heteroatoms. The molecule has 2 aromatic heterocycles. The lowest BCUT2D eigenvalue weighted by Crippen LogP contribution is -2.44. The Labute approximate surface area is 152 Å². The fourth-order valence-corrected chi connectivity index (χ4v) is 3.88. The van der Waals surface area contributed by atoms with Crippen molar-refractivity contribution in [3.63, 3.8) is 0 Å². The van der Waals surface area contributed by atoms with E-state index in [0.717, 1.165) is 46.3 Å². The van der Waals surface area contributed by atoms with Crippen LogP contribution in [0.4, 0.5) is 0 Å². The number of ether oxygens (including phenoxy) is 1. The Bertz CT molecular complexity index is 1000. The minimum Gasteiger partial charge on any atom is -0.496 e. The molecule has 0 saturated heterocycles. The van der Waals surface area contributed by atoms with Gasteiger partial charge in [0.1, 0.15) is 17.2 Å². The van der Waals surface area contributed by atoms with Crippen LogP contribution < -0.4 is 10.1 Å². The first-order valence-corrected chi connectivity index (χ1v) is 8.94. The molecule has 1 aliphatic carbocycles. The molecule has 26 heavy (non-hydrogen) atoms. The maximum Gasteiger partial charge on any atom is 0.160 e. The number of fused-ring (bicyclic) bond motifs is 2. The minimum atomic E-state index is 0.0591. The van der Waals surface area contributed by atoms with Gasteiger partial charge in [-0.3, -0.25) is 4.99 Å². The van der Waals surface area contributed by atoms with Crippen LogP contribution in [0.1, 0.15) is 37.4 Å². The predicted molar refractivity (Wildman–Crippen MR) is 100 cm³/mol. The van der Waals surface area contributed by atoms with Crippen molar-refractivity contribution >= 4 is 17.2 Å². The van der Waals surface area contributed by atoms with Gasteiger partial charge >= 0.3 is 0 Å². The third-order valence-electron chi connectivity index (χ3n) is 5.54. The maximum atomic E-state index is 5.41. The lowest BCUT2D eigenvalue weighted by Gasteiger charge is -2.26. The quantitative estimate of drug-likeness (QED) is 0.924. The highest BCUT2D eigenvalue weighted by atomic mass is 16.5. The summed E-state index contributed by atoms with van der Waals surface area (Å²) in [5.74, 6) is 2.73. The zero-order valence-corrected chi connectivity index (χ0v) is 15.4. The van der Waals surface area contributed by atoms with E-state index < -0.39 is 0 Å². The molecule has 0 spiro atoms. The predicted octanol–water partition coefficient (Wildman–Crippen LogP) is 2.64. The van der Waals surface area contributed by atoms with Crippen molar-refractivity contribution in [1.29, 1.82) is 0 Å². The number of amidine groups is 1. The van der Waals surface area contributed by atoms with Crippen molar-refractivity contribution in [1.82, 2.24) is 19.7 Å². The number of aliphatic imine (C=N–C) groups is 1. The van der Waals surface area contributed by atoms with Crippen molar-refractivity contribution in [2.75, 3.05) is 7.11 Å². The van der Waals surface area contributed by atoms with Crippen LogP contribution in [0.15, 0.2) is 40.5 Å². The summed E-state index contributed by atoms with van der Waals surface area (Å²) in [6.07, 6.45) is 7.15. The lowest BCUT2D eigenvalue weighted by atomic mass is 10.2. The van der Waals surface area contributed by atoms with E-state index in [1.54, 1.807) is 7.11 Å². The highest BCUT2D eigenvalue weighted by Gasteiger charge is 2.47. The molecule has 0 amide bonds. The fourth-order valence-electron chi connectivity index (χ4n) is 3.88. The first kappa shape index (κ1) is 15.4. The fraction of sp³-hybridized carbons (Fsp3) is 0.421. The number of imidazole rings is 1. The summed E-state index contributed by atoms with van der Waals surface area (Å²) >= 11 is 0. The van der Waals surface area contributed by atoms with Crippen LogP contribution in [0.3, 0.4) is 0 Å². The highest BCUT2D eigenvalue weighted by molar-refractivity contribution is 5.97. The van der Waals surface area contributed by atoms with Crippen molar-refractivity contribution in [3.05, 3.63) is 41.6 Å². The summed E-state index contributed by atoms with van der Waals surface area (Å²) in [6, 6.07) is 1.98. The number of aromatic nitrogens is 2. The lowest BCUT2D eigenvalue weighted by molar-refractivity contribution is 0.333. The van der Waals surface area contributed by atoms with E-state index in [1.165, 1.54) is 0 Å². The van der Waals surface area contributed by atoms with Crippen LogP contribution >= 0.6 is 0 Å². The Kier molecular flexibility index (Phi) is 3.16. The van der Waals surface area contributed by atoms with Gasteiger partial charge in [0.2, 0.25) is 0 Å². The van der Waals surface area contributed by atoms with Gasteiger partial charge in [-0.2, -0.15) is 5.10 Å². The van der Waals surface area contributed by atoms with Gasteiger partial charge in [0.05, 0.1) is 24.2 Å². The number of methoxy groups -OCH3 is 1. The molecule has 2 aromatic rings. The van der Waals surface area contributed by atoms with Gasteiger partial charge < -0.3 is 14.5 Å². The second kappa shape index (κ2) is 5.33. The molecule has 1 saturated carbocycles. The van der Waals surface area contributed by atoms with Gasteiger partial charge in [0.25, 0.3) is 0 Å². The molecule has 3 atom stereocenters. The van der Waals surface area contributed by atoms with E-state index in [4.69, 9.17) is 14.8 Å². The van der Waals surface area contributed by atoms with E-state index in [2.05, 4.69) is 20.9 Å². The number of aryl methyl sites for hydroxylation is 1. The van der Waals surface area contributed by atoms with Gasteiger partial charge in [-0.1, -0.05) is 0 Å². The average molecular weight is 350 g/mol. The van der Waals surface area contributed by atoms with Crippen molar-refractivity contribution in [3.8, 4) is 5.75 Å². The molecule has 4 heterocycles. The Hall–Kier alpha value is -2.83. The van der Waals surface area contributed by atoms with Crippen molar-refractivity contribution in [2.45, 2.75) is 39.3 Å². The number of hydrogen-bond donors (Lipinski definition) is 1.